The number of anilines is 1. The van der Waals surface area contributed by atoms with Crippen LogP contribution in [0.2, 0.25) is 0 Å². The number of carbonyl (C=O) groups excluding carboxylic acids is 1. The standard InChI is InChI=1S/C22H20BrN3O3/c23-17-6-8-18(9-7-17)25-13-15-3-1-2-4-19(15)16-5-10-20(26-14-16)22(29)24-12-11-21(27)28/h1-10,14,25H,11-13H2,(H,24,29)(H,27,28). The largest absolute Gasteiger partial charge is 0.481 e. The molecule has 0 spiro atoms. The first-order valence-corrected chi connectivity index (χ1v) is 9.86. The molecule has 148 valence electrons. The number of halogens is 1. The predicted molar refractivity (Wildman–Crippen MR) is 116 cm³/mol. The minimum Gasteiger partial charge on any atom is -0.481 e. The molecule has 3 rings (SSSR count). The summed E-state index contributed by atoms with van der Waals surface area (Å²) in [4.78, 5) is 26.8. The first-order chi connectivity index (χ1) is 14.0. The summed E-state index contributed by atoms with van der Waals surface area (Å²) in [6.45, 7) is 0.720. The number of aromatic nitrogens is 1. The van der Waals surface area contributed by atoms with Crippen molar-refractivity contribution in [3.63, 3.8) is 0 Å². The molecule has 29 heavy (non-hydrogen) atoms. The quantitative estimate of drug-likeness (QED) is 0.472. The highest BCUT2D eigenvalue weighted by Gasteiger charge is 2.10. The lowest BCUT2D eigenvalue weighted by Crippen LogP contribution is -2.26. The van der Waals surface area contributed by atoms with E-state index in [4.69, 9.17) is 5.11 Å². The first-order valence-electron chi connectivity index (χ1n) is 9.06. The average molecular weight is 454 g/mol. The molecule has 0 aliphatic heterocycles. The fraction of sp³-hybridized carbons (Fsp3) is 0.136. The Bertz CT molecular complexity index is 989. The van der Waals surface area contributed by atoms with Crippen LogP contribution in [0, 0.1) is 0 Å². The van der Waals surface area contributed by atoms with E-state index in [-0.39, 0.29) is 24.6 Å². The number of benzene rings is 2. The third kappa shape index (κ3) is 5.89. The summed E-state index contributed by atoms with van der Waals surface area (Å²) in [5.74, 6) is -1.34. The molecule has 2 aromatic carbocycles. The van der Waals surface area contributed by atoms with E-state index in [1.54, 1.807) is 12.3 Å². The maximum atomic E-state index is 12.0. The van der Waals surface area contributed by atoms with Crippen molar-refractivity contribution in [1.29, 1.82) is 0 Å². The van der Waals surface area contributed by atoms with Crippen LogP contribution in [0.15, 0.2) is 71.3 Å². The molecule has 0 saturated carbocycles. The monoisotopic (exact) mass is 453 g/mol. The lowest BCUT2D eigenvalue weighted by molar-refractivity contribution is -0.136. The normalized spacial score (nSPS) is 10.4. The number of carbonyl (C=O) groups is 2. The number of carboxylic acids is 1. The number of nitrogens with zero attached hydrogens (tertiary/aromatic N) is 1. The van der Waals surface area contributed by atoms with Gasteiger partial charge in [0, 0.05) is 35.0 Å². The Balaban J connectivity index is 1.69. The third-order valence-corrected chi connectivity index (χ3v) is 4.80. The highest BCUT2D eigenvalue weighted by Crippen LogP contribution is 2.24. The lowest BCUT2D eigenvalue weighted by atomic mass is 10.0. The summed E-state index contributed by atoms with van der Waals surface area (Å²) >= 11 is 3.43. The SMILES string of the molecule is O=C(O)CCNC(=O)c1ccc(-c2ccccc2CNc2ccc(Br)cc2)cn1. The number of rotatable bonds is 8. The second-order valence-electron chi connectivity index (χ2n) is 6.35. The number of aliphatic carboxylic acids is 1. The van der Waals surface area contributed by atoms with E-state index >= 15 is 0 Å². The van der Waals surface area contributed by atoms with Gasteiger partial charge in [-0.2, -0.15) is 0 Å². The zero-order chi connectivity index (χ0) is 20.6. The highest BCUT2D eigenvalue weighted by molar-refractivity contribution is 9.10. The molecule has 3 N–H and O–H groups in total. The van der Waals surface area contributed by atoms with Gasteiger partial charge in [0.2, 0.25) is 0 Å². The molecule has 1 amide bonds. The van der Waals surface area contributed by atoms with Crippen molar-refractivity contribution in [2.24, 2.45) is 0 Å². The Labute approximate surface area is 177 Å². The molecule has 6 nitrogen and oxygen atoms in total. The number of hydrogen-bond acceptors (Lipinski definition) is 4. The van der Waals surface area contributed by atoms with E-state index in [0.717, 1.165) is 26.9 Å². The fourth-order valence-corrected chi connectivity index (χ4v) is 3.05. The van der Waals surface area contributed by atoms with Crippen molar-refractivity contribution in [2.75, 3.05) is 11.9 Å². The molecule has 0 atom stereocenters. The number of nitrogens with one attached hydrogen (secondary N) is 2. The summed E-state index contributed by atoms with van der Waals surface area (Å²) in [6.07, 6.45) is 1.53. The van der Waals surface area contributed by atoms with Crippen molar-refractivity contribution in [3.8, 4) is 11.1 Å². The molecule has 0 aliphatic carbocycles. The molecule has 0 unspecified atom stereocenters. The molecule has 1 heterocycles. The van der Waals surface area contributed by atoms with E-state index < -0.39 is 5.97 Å². The topological polar surface area (TPSA) is 91.3 Å². The van der Waals surface area contributed by atoms with Crippen LogP contribution in [-0.4, -0.2) is 28.5 Å². The van der Waals surface area contributed by atoms with Crippen molar-refractivity contribution in [2.45, 2.75) is 13.0 Å². The van der Waals surface area contributed by atoms with E-state index in [1.165, 1.54) is 0 Å². The van der Waals surface area contributed by atoms with Crippen LogP contribution in [-0.2, 0) is 11.3 Å². The van der Waals surface area contributed by atoms with Crippen LogP contribution in [0.3, 0.4) is 0 Å². The molecule has 0 aliphatic rings. The van der Waals surface area contributed by atoms with Crippen molar-refractivity contribution < 1.29 is 14.7 Å². The summed E-state index contributed by atoms with van der Waals surface area (Å²) in [6, 6.07) is 19.5. The number of pyridine rings is 1. The van der Waals surface area contributed by atoms with Crippen LogP contribution in [0.4, 0.5) is 5.69 Å². The van der Waals surface area contributed by atoms with Crippen LogP contribution < -0.4 is 10.6 Å². The van der Waals surface area contributed by atoms with Gasteiger partial charge in [-0.3, -0.25) is 14.6 Å². The van der Waals surface area contributed by atoms with Gasteiger partial charge in [-0.15, -0.1) is 0 Å². The Hall–Kier alpha value is -3.19. The second kappa shape index (κ2) is 9.84. The minimum absolute atomic E-state index is 0.0716. The molecule has 0 saturated heterocycles. The van der Waals surface area contributed by atoms with Gasteiger partial charge in [-0.05, 0) is 41.5 Å². The lowest BCUT2D eigenvalue weighted by Gasteiger charge is -2.12. The first kappa shape index (κ1) is 20.5. The summed E-state index contributed by atoms with van der Waals surface area (Å²) < 4.78 is 1.03. The molecule has 3 aromatic rings. The van der Waals surface area contributed by atoms with Crippen LogP contribution >= 0.6 is 15.9 Å². The molecule has 7 heteroatoms. The minimum atomic E-state index is -0.957. The Kier molecular flexibility index (Phi) is 6.97. The Morgan fingerprint density at radius 2 is 1.76 bits per heavy atom. The number of amides is 1. The maximum Gasteiger partial charge on any atom is 0.305 e. The van der Waals surface area contributed by atoms with E-state index in [9.17, 15) is 9.59 Å². The van der Waals surface area contributed by atoms with Gasteiger partial charge in [-0.1, -0.05) is 46.3 Å². The molecule has 1 aromatic heterocycles. The predicted octanol–water partition coefficient (Wildman–Crippen LogP) is 4.33. The number of hydrogen-bond donors (Lipinski definition) is 3. The van der Waals surface area contributed by atoms with Gasteiger partial charge in [-0.25, -0.2) is 0 Å². The second-order valence-corrected chi connectivity index (χ2v) is 7.27. The average Bonchev–Trinajstić information content (AvgIpc) is 2.73. The molecule has 0 fully saturated rings. The van der Waals surface area contributed by atoms with Gasteiger partial charge in [0.25, 0.3) is 5.91 Å². The summed E-state index contributed by atoms with van der Waals surface area (Å²) in [7, 11) is 0. The zero-order valence-electron chi connectivity index (χ0n) is 15.6. The molecule has 0 radical (unpaired) electrons. The summed E-state index contributed by atoms with van der Waals surface area (Å²) in [5.41, 5.74) is 4.32. The van der Waals surface area contributed by atoms with Gasteiger partial charge < -0.3 is 15.7 Å². The molecular formula is C22H20BrN3O3. The van der Waals surface area contributed by atoms with E-state index in [1.807, 2.05) is 54.6 Å². The third-order valence-electron chi connectivity index (χ3n) is 4.28. The van der Waals surface area contributed by atoms with Crippen LogP contribution in [0.5, 0.6) is 0 Å². The van der Waals surface area contributed by atoms with Crippen LogP contribution in [0.25, 0.3) is 11.1 Å². The van der Waals surface area contributed by atoms with Crippen molar-refractivity contribution in [3.05, 3.63) is 82.6 Å². The van der Waals surface area contributed by atoms with Gasteiger partial charge in [0.15, 0.2) is 0 Å². The van der Waals surface area contributed by atoms with Crippen molar-refractivity contribution in [1.82, 2.24) is 10.3 Å². The van der Waals surface area contributed by atoms with Gasteiger partial charge >= 0.3 is 5.97 Å². The fourth-order valence-electron chi connectivity index (χ4n) is 2.78. The highest BCUT2D eigenvalue weighted by atomic mass is 79.9. The van der Waals surface area contributed by atoms with E-state index in [2.05, 4.69) is 31.5 Å². The maximum absolute atomic E-state index is 12.0. The Morgan fingerprint density at radius 3 is 2.45 bits per heavy atom. The number of carboxylic acid groups (broad SMARTS) is 1. The van der Waals surface area contributed by atoms with Crippen molar-refractivity contribution >= 4 is 33.5 Å². The smallest absolute Gasteiger partial charge is 0.305 e. The molecule has 0 bridgehead atoms. The van der Waals surface area contributed by atoms with Gasteiger partial charge in [0.05, 0.1) is 6.42 Å². The summed E-state index contributed by atoms with van der Waals surface area (Å²) in [5, 5.41) is 14.6. The van der Waals surface area contributed by atoms with Gasteiger partial charge in [0.1, 0.15) is 5.69 Å². The van der Waals surface area contributed by atoms with Crippen LogP contribution in [0.1, 0.15) is 22.5 Å². The van der Waals surface area contributed by atoms with E-state index in [0.29, 0.717) is 6.54 Å². The zero-order valence-corrected chi connectivity index (χ0v) is 17.1. The Morgan fingerprint density at radius 1 is 1.00 bits per heavy atom. The molecular weight excluding hydrogens is 434 g/mol.